The van der Waals surface area contributed by atoms with Gasteiger partial charge in [0.2, 0.25) is 6.41 Å². The lowest BCUT2D eigenvalue weighted by atomic mass is 10.2. The van der Waals surface area contributed by atoms with Gasteiger partial charge < -0.3 is 20.2 Å². The third kappa shape index (κ3) is 5.04. The van der Waals surface area contributed by atoms with Crippen molar-refractivity contribution >= 4 is 35.9 Å². The largest absolute Gasteiger partial charge is 0.444 e. The molecule has 0 radical (unpaired) electrons. The van der Waals surface area contributed by atoms with E-state index in [2.05, 4.69) is 15.6 Å². The third-order valence-electron chi connectivity index (χ3n) is 1.80. The summed E-state index contributed by atoms with van der Waals surface area (Å²) in [4.78, 5) is 36.8. The normalized spacial score (nSPS) is 12.4. The van der Waals surface area contributed by atoms with Gasteiger partial charge in [-0.05, 0) is 20.8 Å². The molecule has 19 heavy (non-hydrogen) atoms. The summed E-state index contributed by atoms with van der Waals surface area (Å²) < 4.78 is 5.04. The second kappa shape index (κ2) is 6.28. The number of amides is 2. The van der Waals surface area contributed by atoms with Crippen LogP contribution in [-0.4, -0.2) is 29.4 Å². The van der Waals surface area contributed by atoms with E-state index in [1.165, 1.54) is 0 Å². The van der Waals surface area contributed by atoms with Crippen LogP contribution < -0.4 is 10.6 Å². The highest BCUT2D eigenvalue weighted by atomic mass is 32.1. The number of carbonyl (C=O) groups excluding carboxylic acids is 3. The van der Waals surface area contributed by atoms with Crippen LogP contribution in [0.3, 0.4) is 0 Å². The number of alkyl carbamates (subject to hydrolysis) is 1. The van der Waals surface area contributed by atoms with Crippen LogP contribution in [0.25, 0.3) is 0 Å². The maximum Gasteiger partial charge on any atom is 0.408 e. The van der Waals surface area contributed by atoms with Gasteiger partial charge in [0.05, 0.1) is 0 Å². The molecule has 7 nitrogen and oxygen atoms in total. The lowest BCUT2D eigenvalue weighted by Gasteiger charge is -2.20. The molecular formula is C11H15N3O4S. The standard InChI is InChI=1S/C11H15N3O4S/c1-11(2,3)18-10(17)13-7(4-15)9-14-8(5-19-9)12-6-16/h4-7H,1-3H3,(H,12,16)(H,13,17). The van der Waals surface area contributed by atoms with Crippen LogP contribution in [-0.2, 0) is 14.3 Å². The van der Waals surface area contributed by atoms with Crippen molar-refractivity contribution < 1.29 is 19.1 Å². The zero-order chi connectivity index (χ0) is 14.5. The van der Waals surface area contributed by atoms with Gasteiger partial charge >= 0.3 is 6.09 Å². The topological polar surface area (TPSA) is 97.4 Å². The van der Waals surface area contributed by atoms with Gasteiger partial charge in [0, 0.05) is 5.38 Å². The Hall–Kier alpha value is -1.96. The summed E-state index contributed by atoms with van der Waals surface area (Å²) in [6, 6.07) is -0.901. The number of rotatable bonds is 5. The highest BCUT2D eigenvalue weighted by molar-refractivity contribution is 7.10. The lowest BCUT2D eigenvalue weighted by molar-refractivity contribution is -0.109. The van der Waals surface area contributed by atoms with Gasteiger partial charge in [-0.2, -0.15) is 0 Å². The monoisotopic (exact) mass is 285 g/mol. The Morgan fingerprint density at radius 3 is 2.68 bits per heavy atom. The predicted molar refractivity (Wildman–Crippen MR) is 70.0 cm³/mol. The summed E-state index contributed by atoms with van der Waals surface area (Å²) in [6.07, 6.45) is 0.327. The van der Waals surface area contributed by atoms with Gasteiger partial charge in [0.25, 0.3) is 0 Å². The van der Waals surface area contributed by atoms with E-state index in [1.54, 1.807) is 26.2 Å². The number of nitrogens with one attached hydrogen (secondary N) is 2. The summed E-state index contributed by atoms with van der Waals surface area (Å²) in [5.74, 6) is 0.327. The van der Waals surface area contributed by atoms with Gasteiger partial charge in [0.15, 0.2) is 0 Å². The molecule has 1 aromatic heterocycles. The number of aromatic nitrogens is 1. The average molecular weight is 285 g/mol. The Bertz CT molecular complexity index is 467. The molecule has 0 aliphatic carbocycles. The minimum Gasteiger partial charge on any atom is -0.444 e. The van der Waals surface area contributed by atoms with Gasteiger partial charge in [-0.1, -0.05) is 0 Å². The zero-order valence-corrected chi connectivity index (χ0v) is 11.6. The van der Waals surface area contributed by atoms with Crippen molar-refractivity contribution in [3.63, 3.8) is 0 Å². The lowest BCUT2D eigenvalue weighted by Crippen LogP contribution is -2.35. The zero-order valence-electron chi connectivity index (χ0n) is 10.8. The Balaban J connectivity index is 2.69. The first-order valence-corrected chi connectivity index (χ1v) is 6.34. The van der Waals surface area contributed by atoms with E-state index < -0.39 is 17.7 Å². The van der Waals surface area contributed by atoms with Crippen molar-refractivity contribution in [3.8, 4) is 0 Å². The van der Waals surface area contributed by atoms with E-state index >= 15 is 0 Å². The molecule has 0 saturated heterocycles. The molecule has 8 heteroatoms. The number of hydrogen-bond donors (Lipinski definition) is 2. The summed E-state index contributed by atoms with van der Waals surface area (Å²) in [5.41, 5.74) is -0.648. The highest BCUT2D eigenvalue weighted by Crippen LogP contribution is 2.20. The molecule has 0 bridgehead atoms. The molecule has 0 spiro atoms. The van der Waals surface area contributed by atoms with Crippen LogP contribution in [0.2, 0.25) is 0 Å². The number of nitrogens with zero attached hydrogens (tertiary/aromatic N) is 1. The summed E-state index contributed by atoms with van der Waals surface area (Å²) in [7, 11) is 0. The van der Waals surface area contributed by atoms with Gasteiger partial charge in [-0.25, -0.2) is 9.78 Å². The van der Waals surface area contributed by atoms with Crippen LogP contribution in [0.4, 0.5) is 10.6 Å². The summed E-state index contributed by atoms with van der Waals surface area (Å²) in [5, 5.41) is 6.69. The SMILES string of the molecule is CC(C)(C)OC(=O)NC(C=O)c1nc(NC=O)cs1. The fraction of sp³-hybridized carbons (Fsp3) is 0.455. The molecule has 1 atom stereocenters. The first kappa shape index (κ1) is 15.1. The van der Waals surface area contributed by atoms with Gasteiger partial charge in [-0.15, -0.1) is 11.3 Å². The van der Waals surface area contributed by atoms with E-state index in [0.29, 0.717) is 23.5 Å². The van der Waals surface area contributed by atoms with Gasteiger partial charge in [-0.3, -0.25) is 4.79 Å². The number of anilines is 1. The van der Waals surface area contributed by atoms with Crippen molar-refractivity contribution in [2.75, 3.05) is 5.32 Å². The molecule has 1 rings (SSSR count). The smallest absolute Gasteiger partial charge is 0.408 e. The second-order valence-electron chi connectivity index (χ2n) is 4.59. The maximum atomic E-state index is 11.5. The van der Waals surface area contributed by atoms with Crippen LogP contribution in [0, 0.1) is 0 Å². The van der Waals surface area contributed by atoms with Crippen LogP contribution in [0.1, 0.15) is 31.8 Å². The number of hydrogen-bond acceptors (Lipinski definition) is 6. The third-order valence-corrected chi connectivity index (χ3v) is 2.73. The van der Waals surface area contributed by atoms with Gasteiger partial charge in [0.1, 0.15) is 28.8 Å². The highest BCUT2D eigenvalue weighted by Gasteiger charge is 2.22. The Kier molecular flexibility index (Phi) is 4.99. The van der Waals surface area contributed by atoms with Crippen molar-refractivity contribution in [1.29, 1.82) is 0 Å². The van der Waals surface area contributed by atoms with Crippen molar-refractivity contribution in [1.82, 2.24) is 10.3 Å². The molecule has 104 valence electrons. The molecule has 0 fully saturated rings. The van der Waals surface area contributed by atoms with Crippen molar-refractivity contribution in [2.45, 2.75) is 32.4 Å². The molecular weight excluding hydrogens is 270 g/mol. The van der Waals surface area contributed by atoms with Crippen LogP contribution in [0.15, 0.2) is 5.38 Å². The van der Waals surface area contributed by atoms with Crippen molar-refractivity contribution in [3.05, 3.63) is 10.4 Å². The summed E-state index contributed by atoms with van der Waals surface area (Å²) >= 11 is 1.15. The number of ether oxygens (including phenoxy) is 1. The fourth-order valence-electron chi connectivity index (χ4n) is 1.15. The van der Waals surface area contributed by atoms with Crippen LogP contribution in [0.5, 0.6) is 0 Å². The number of carbonyl (C=O) groups is 3. The second-order valence-corrected chi connectivity index (χ2v) is 5.48. The van der Waals surface area contributed by atoms with E-state index in [-0.39, 0.29) is 0 Å². The number of aldehydes is 1. The molecule has 1 unspecified atom stereocenters. The minimum absolute atomic E-state index is 0.327. The molecule has 0 aliphatic rings. The van der Waals surface area contributed by atoms with E-state index in [1.807, 2.05) is 0 Å². The first-order valence-electron chi connectivity index (χ1n) is 5.46. The maximum absolute atomic E-state index is 11.5. The van der Waals surface area contributed by atoms with E-state index in [4.69, 9.17) is 4.74 Å². The molecule has 1 aromatic rings. The quantitative estimate of drug-likeness (QED) is 0.798. The molecule has 0 aromatic carbocycles. The first-order chi connectivity index (χ1) is 8.85. The predicted octanol–water partition coefficient (Wildman–Crippen LogP) is 1.48. The molecule has 2 N–H and O–H groups in total. The Labute approximate surface area is 114 Å². The average Bonchev–Trinajstić information content (AvgIpc) is 2.72. The van der Waals surface area contributed by atoms with Crippen molar-refractivity contribution in [2.24, 2.45) is 0 Å². The molecule has 1 heterocycles. The minimum atomic E-state index is -0.901. The molecule has 0 saturated carbocycles. The molecule has 0 aliphatic heterocycles. The molecule has 2 amide bonds. The number of thiazole rings is 1. The van der Waals surface area contributed by atoms with E-state index in [9.17, 15) is 14.4 Å². The Morgan fingerprint density at radius 2 is 2.16 bits per heavy atom. The summed E-state index contributed by atoms with van der Waals surface area (Å²) in [6.45, 7) is 5.16. The Morgan fingerprint density at radius 1 is 1.47 bits per heavy atom. The van der Waals surface area contributed by atoms with E-state index in [0.717, 1.165) is 11.3 Å². The fourth-order valence-corrected chi connectivity index (χ4v) is 1.91. The van der Waals surface area contributed by atoms with Crippen LogP contribution >= 0.6 is 11.3 Å².